The van der Waals surface area contributed by atoms with Gasteiger partial charge in [0.1, 0.15) is 10.8 Å². The molecule has 1 atom stereocenters. The second kappa shape index (κ2) is 7.27. The molecule has 25 heavy (non-hydrogen) atoms. The highest BCUT2D eigenvalue weighted by molar-refractivity contribution is 7.17. The number of amides is 2. The molecule has 0 bridgehead atoms. The quantitative estimate of drug-likeness (QED) is 0.861. The molecule has 2 amide bonds. The van der Waals surface area contributed by atoms with Crippen molar-refractivity contribution < 1.29 is 14.3 Å². The van der Waals surface area contributed by atoms with Gasteiger partial charge in [0.05, 0.1) is 19.1 Å². The summed E-state index contributed by atoms with van der Waals surface area (Å²) in [5, 5.41) is 3.47. The Kier molecular flexibility index (Phi) is 5.08. The van der Waals surface area contributed by atoms with E-state index in [4.69, 9.17) is 10.5 Å². The number of thiophene rings is 1. The van der Waals surface area contributed by atoms with Gasteiger partial charge in [-0.3, -0.25) is 9.59 Å². The Labute approximate surface area is 151 Å². The lowest BCUT2D eigenvalue weighted by molar-refractivity contribution is -0.115. The molecule has 1 aliphatic carbocycles. The third-order valence-electron chi connectivity index (χ3n) is 4.51. The summed E-state index contributed by atoms with van der Waals surface area (Å²) >= 11 is 1.48. The Morgan fingerprint density at radius 3 is 2.92 bits per heavy atom. The van der Waals surface area contributed by atoms with Crippen LogP contribution in [0.5, 0.6) is 5.75 Å². The molecular formula is C19H22N2O3S. The number of methoxy groups -OCH3 is 1. The van der Waals surface area contributed by atoms with Crippen molar-refractivity contribution in [3.8, 4) is 5.75 Å². The van der Waals surface area contributed by atoms with Crippen molar-refractivity contribution in [1.82, 2.24) is 0 Å². The van der Waals surface area contributed by atoms with Gasteiger partial charge in [-0.1, -0.05) is 19.1 Å². The van der Waals surface area contributed by atoms with Crippen LogP contribution in [0.4, 0.5) is 5.00 Å². The topological polar surface area (TPSA) is 81.4 Å². The third kappa shape index (κ3) is 3.85. The molecule has 5 nitrogen and oxygen atoms in total. The first kappa shape index (κ1) is 17.5. The summed E-state index contributed by atoms with van der Waals surface area (Å²) in [5.41, 5.74) is 7.95. The molecule has 2 aromatic rings. The van der Waals surface area contributed by atoms with Gasteiger partial charge in [0.25, 0.3) is 5.91 Å². The monoisotopic (exact) mass is 358 g/mol. The number of nitrogens with one attached hydrogen (secondary N) is 1. The summed E-state index contributed by atoms with van der Waals surface area (Å²) in [6, 6.07) is 7.39. The molecule has 0 radical (unpaired) electrons. The molecule has 1 unspecified atom stereocenters. The number of benzene rings is 1. The minimum Gasteiger partial charge on any atom is -0.497 e. The first-order chi connectivity index (χ1) is 12.0. The first-order valence-corrected chi connectivity index (χ1v) is 9.16. The molecule has 0 spiro atoms. The molecule has 3 N–H and O–H groups in total. The van der Waals surface area contributed by atoms with Crippen molar-refractivity contribution in [3.05, 3.63) is 45.8 Å². The summed E-state index contributed by atoms with van der Waals surface area (Å²) in [6.07, 6.45) is 3.04. The van der Waals surface area contributed by atoms with E-state index in [0.717, 1.165) is 30.4 Å². The Balaban J connectivity index is 1.80. The zero-order valence-corrected chi connectivity index (χ0v) is 15.2. The van der Waals surface area contributed by atoms with Gasteiger partial charge in [0, 0.05) is 4.88 Å². The van der Waals surface area contributed by atoms with E-state index in [-0.39, 0.29) is 12.3 Å². The van der Waals surface area contributed by atoms with Crippen LogP contribution >= 0.6 is 11.3 Å². The lowest BCUT2D eigenvalue weighted by atomic mass is 9.88. The summed E-state index contributed by atoms with van der Waals surface area (Å²) in [6.45, 7) is 2.20. The van der Waals surface area contributed by atoms with Crippen LogP contribution < -0.4 is 15.8 Å². The van der Waals surface area contributed by atoms with Crippen LogP contribution in [-0.4, -0.2) is 18.9 Å². The van der Waals surface area contributed by atoms with E-state index in [0.29, 0.717) is 22.2 Å². The highest BCUT2D eigenvalue weighted by atomic mass is 32.1. The fourth-order valence-electron chi connectivity index (χ4n) is 3.24. The van der Waals surface area contributed by atoms with Crippen molar-refractivity contribution in [1.29, 1.82) is 0 Å². The van der Waals surface area contributed by atoms with Gasteiger partial charge in [-0.05, 0) is 48.4 Å². The second-order valence-corrected chi connectivity index (χ2v) is 7.60. The smallest absolute Gasteiger partial charge is 0.251 e. The van der Waals surface area contributed by atoms with Crippen LogP contribution in [0.1, 0.15) is 39.7 Å². The molecule has 0 fully saturated rings. The summed E-state index contributed by atoms with van der Waals surface area (Å²) in [5.74, 6) is 0.669. The summed E-state index contributed by atoms with van der Waals surface area (Å²) in [4.78, 5) is 25.5. The Bertz CT molecular complexity index is 813. The van der Waals surface area contributed by atoms with Crippen LogP contribution in [0.15, 0.2) is 24.3 Å². The normalized spacial score (nSPS) is 16.2. The second-order valence-electron chi connectivity index (χ2n) is 6.50. The highest BCUT2D eigenvalue weighted by Crippen LogP contribution is 2.39. The SMILES string of the molecule is COc1cccc(CC(=O)Nc2sc3c(c2C(N)=O)CCC(C)C3)c1. The van der Waals surface area contributed by atoms with Crippen molar-refractivity contribution in [2.45, 2.75) is 32.6 Å². The summed E-state index contributed by atoms with van der Waals surface area (Å²) in [7, 11) is 1.59. The zero-order chi connectivity index (χ0) is 18.0. The van der Waals surface area contributed by atoms with E-state index >= 15 is 0 Å². The van der Waals surface area contributed by atoms with E-state index in [1.54, 1.807) is 7.11 Å². The Morgan fingerprint density at radius 2 is 2.20 bits per heavy atom. The zero-order valence-electron chi connectivity index (χ0n) is 14.4. The van der Waals surface area contributed by atoms with Crippen molar-refractivity contribution in [2.75, 3.05) is 12.4 Å². The predicted molar refractivity (Wildman–Crippen MR) is 99.4 cm³/mol. The Morgan fingerprint density at radius 1 is 1.40 bits per heavy atom. The number of carbonyl (C=O) groups excluding carboxylic acids is 2. The number of carbonyl (C=O) groups is 2. The number of fused-ring (bicyclic) bond motifs is 1. The molecule has 0 aliphatic heterocycles. The van der Waals surface area contributed by atoms with E-state index in [9.17, 15) is 9.59 Å². The molecular weight excluding hydrogens is 336 g/mol. The minimum absolute atomic E-state index is 0.164. The van der Waals surface area contributed by atoms with Gasteiger partial charge in [-0.15, -0.1) is 11.3 Å². The van der Waals surface area contributed by atoms with Gasteiger partial charge in [-0.2, -0.15) is 0 Å². The molecule has 1 aromatic carbocycles. The summed E-state index contributed by atoms with van der Waals surface area (Å²) < 4.78 is 5.18. The lowest BCUT2D eigenvalue weighted by Crippen LogP contribution is -2.20. The number of ether oxygens (including phenoxy) is 1. The fraction of sp³-hybridized carbons (Fsp3) is 0.368. The largest absolute Gasteiger partial charge is 0.497 e. The van der Waals surface area contributed by atoms with E-state index in [2.05, 4.69) is 12.2 Å². The van der Waals surface area contributed by atoms with Gasteiger partial charge in [0.2, 0.25) is 5.91 Å². The average Bonchev–Trinajstić information content (AvgIpc) is 2.91. The Hall–Kier alpha value is -2.34. The molecule has 0 saturated heterocycles. The molecule has 0 saturated carbocycles. The van der Waals surface area contributed by atoms with Crippen LogP contribution in [0, 0.1) is 5.92 Å². The number of nitrogens with two attached hydrogens (primary N) is 1. The van der Waals surface area contributed by atoms with Gasteiger partial charge in [-0.25, -0.2) is 0 Å². The molecule has 1 aliphatic rings. The lowest BCUT2D eigenvalue weighted by Gasteiger charge is -2.18. The maximum atomic E-state index is 12.4. The van der Waals surface area contributed by atoms with Crippen molar-refractivity contribution in [3.63, 3.8) is 0 Å². The molecule has 1 heterocycles. The van der Waals surface area contributed by atoms with E-state index < -0.39 is 5.91 Å². The van der Waals surface area contributed by atoms with Crippen LogP contribution in [0.25, 0.3) is 0 Å². The number of hydrogen-bond donors (Lipinski definition) is 2. The van der Waals surface area contributed by atoms with Gasteiger partial charge >= 0.3 is 0 Å². The molecule has 132 valence electrons. The van der Waals surface area contributed by atoms with Gasteiger partial charge in [0.15, 0.2) is 0 Å². The standard InChI is InChI=1S/C19H22N2O3S/c1-11-6-7-14-15(8-11)25-19(17(14)18(20)23)21-16(22)10-12-4-3-5-13(9-12)24-2/h3-5,9,11H,6-8,10H2,1-2H3,(H2,20,23)(H,21,22). The maximum absolute atomic E-state index is 12.4. The van der Waals surface area contributed by atoms with Crippen LogP contribution in [0.3, 0.4) is 0 Å². The van der Waals surface area contributed by atoms with E-state index in [1.165, 1.54) is 16.2 Å². The number of hydrogen-bond acceptors (Lipinski definition) is 4. The van der Waals surface area contributed by atoms with Crippen molar-refractivity contribution >= 4 is 28.2 Å². The number of anilines is 1. The highest BCUT2D eigenvalue weighted by Gasteiger charge is 2.27. The molecule has 3 rings (SSSR count). The maximum Gasteiger partial charge on any atom is 0.251 e. The third-order valence-corrected chi connectivity index (χ3v) is 5.68. The predicted octanol–water partition coefficient (Wildman–Crippen LogP) is 3.16. The minimum atomic E-state index is -0.469. The number of rotatable bonds is 5. The molecule has 6 heteroatoms. The van der Waals surface area contributed by atoms with E-state index in [1.807, 2.05) is 24.3 Å². The fourth-order valence-corrected chi connectivity index (χ4v) is 4.67. The molecule has 1 aromatic heterocycles. The number of primary amides is 1. The van der Waals surface area contributed by atoms with Crippen molar-refractivity contribution in [2.24, 2.45) is 11.7 Å². The first-order valence-electron chi connectivity index (χ1n) is 8.35. The average molecular weight is 358 g/mol. The van der Waals surface area contributed by atoms with Crippen LogP contribution in [-0.2, 0) is 24.1 Å². The van der Waals surface area contributed by atoms with Crippen LogP contribution in [0.2, 0.25) is 0 Å². The van der Waals surface area contributed by atoms with Gasteiger partial charge < -0.3 is 15.8 Å².